The first-order chi connectivity index (χ1) is 2.63. The fourth-order valence-electron chi connectivity index (χ4n) is 0.403. The maximum atomic E-state index is 2.50. The van der Waals surface area contributed by atoms with Crippen LogP contribution in [0, 0.1) is 5.41 Å². The van der Waals surface area contributed by atoms with Gasteiger partial charge in [-0.05, 0) is 11.8 Å². The molecule has 0 nitrogen and oxygen atoms in total. The predicted molar refractivity (Wildman–Crippen MR) is 36.2 cm³/mol. The van der Waals surface area contributed by atoms with E-state index in [1.165, 1.54) is 6.42 Å². The van der Waals surface area contributed by atoms with Crippen molar-refractivity contribution in [1.82, 2.24) is 0 Å². The van der Waals surface area contributed by atoms with Crippen LogP contribution in [0.3, 0.4) is 0 Å². The first kappa shape index (κ1) is 4.88. The number of hydrogen-bond donors (Lipinski definition) is 0. The van der Waals surface area contributed by atoms with Gasteiger partial charge in [-0.1, -0.05) is 36.4 Å². The minimum absolute atomic E-state index is 0.695. The first-order valence-corrected chi connectivity index (χ1v) is 3.51. The van der Waals surface area contributed by atoms with Crippen LogP contribution >= 0.6 is 22.6 Å². The van der Waals surface area contributed by atoms with Gasteiger partial charge in [0.2, 0.25) is 0 Å². The zero-order valence-corrected chi connectivity index (χ0v) is 6.32. The second-order valence-corrected chi connectivity index (χ2v) is 4.16. The molecule has 1 unspecified atom stereocenters. The van der Waals surface area contributed by atoms with Crippen molar-refractivity contribution < 1.29 is 0 Å². The largest absolute Gasteiger partial charge is 0.0820 e. The quantitative estimate of drug-likeness (QED) is 0.411. The highest BCUT2D eigenvalue weighted by atomic mass is 127. The molecular formula is C5H9I. The van der Waals surface area contributed by atoms with Crippen molar-refractivity contribution >= 4 is 22.6 Å². The number of hydrogen-bond acceptors (Lipinski definition) is 0. The van der Waals surface area contributed by atoms with Gasteiger partial charge in [-0.15, -0.1) is 0 Å². The van der Waals surface area contributed by atoms with Gasteiger partial charge in [-0.2, -0.15) is 0 Å². The van der Waals surface area contributed by atoms with E-state index in [0.717, 1.165) is 3.92 Å². The van der Waals surface area contributed by atoms with Gasteiger partial charge in [0.05, 0.1) is 0 Å². The average Bonchev–Trinajstić information content (AvgIpc) is 1.73. The Kier molecular flexibility index (Phi) is 0.905. The topological polar surface area (TPSA) is 0 Å². The molecule has 0 saturated heterocycles. The molecule has 0 heterocycles. The second kappa shape index (κ2) is 1.11. The van der Waals surface area contributed by atoms with Crippen molar-refractivity contribution in [3.8, 4) is 0 Å². The summed E-state index contributed by atoms with van der Waals surface area (Å²) >= 11 is 2.50. The second-order valence-electron chi connectivity index (χ2n) is 2.66. The molecule has 1 aliphatic carbocycles. The van der Waals surface area contributed by atoms with E-state index in [1.54, 1.807) is 0 Å². The molecule has 36 valence electrons. The summed E-state index contributed by atoms with van der Waals surface area (Å²) in [4.78, 5) is 0. The Morgan fingerprint density at radius 1 is 1.67 bits per heavy atom. The molecular weight excluding hydrogens is 187 g/mol. The Labute approximate surface area is 52.5 Å². The molecule has 1 atom stereocenters. The van der Waals surface area contributed by atoms with Gasteiger partial charge in [0.25, 0.3) is 0 Å². The summed E-state index contributed by atoms with van der Waals surface area (Å²) < 4.78 is 0.968. The number of rotatable bonds is 0. The maximum absolute atomic E-state index is 2.50. The fourth-order valence-corrected chi connectivity index (χ4v) is 1.54. The normalized spacial score (nSPS) is 39.5. The lowest BCUT2D eigenvalue weighted by molar-refractivity contribution is 0.662. The molecule has 0 amide bonds. The maximum Gasteiger partial charge on any atom is 0.0167 e. The van der Waals surface area contributed by atoms with Gasteiger partial charge in [0.1, 0.15) is 0 Å². The summed E-state index contributed by atoms with van der Waals surface area (Å²) in [5, 5.41) is 0. The van der Waals surface area contributed by atoms with E-state index >= 15 is 0 Å². The molecule has 1 rings (SSSR count). The Bertz CT molecular complexity index is 66.3. The highest BCUT2D eigenvalue weighted by molar-refractivity contribution is 14.1. The van der Waals surface area contributed by atoms with E-state index in [1.807, 2.05) is 0 Å². The van der Waals surface area contributed by atoms with E-state index < -0.39 is 0 Å². The molecule has 0 aromatic rings. The van der Waals surface area contributed by atoms with Gasteiger partial charge in [0, 0.05) is 3.92 Å². The van der Waals surface area contributed by atoms with Crippen LogP contribution in [0.4, 0.5) is 0 Å². The van der Waals surface area contributed by atoms with Crippen molar-refractivity contribution in [3.05, 3.63) is 0 Å². The third kappa shape index (κ3) is 0.695. The molecule has 1 saturated carbocycles. The van der Waals surface area contributed by atoms with Crippen LogP contribution in [0.25, 0.3) is 0 Å². The fraction of sp³-hybridized carbons (Fsp3) is 1.00. The Morgan fingerprint density at radius 3 is 1.83 bits per heavy atom. The predicted octanol–water partition coefficient (Wildman–Crippen LogP) is 2.22. The monoisotopic (exact) mass is 196 g/mol. The van der Waals surface area contributed by atoms with Crippen LogP contribution in [-0.4, -0.2) is 3.92 Å². The molecule has 0 spiro atoms. The zero-order valence-electron chi connectivity index (χ0n) is 4.16. The zero-order chi connectivity index (χ0) is 4.78. The average molecular weight is 196 g/mol. The van der Waals surface area contributed by atoms with Gasteiger partial charge >= 0.3 is 0 Å². The molecule has 6 heavy (non-hydrogen) atoms. The lowest BCUT2D eigenvalue weighted by Crippen LogP contribution is -1.84. The molecule has 0 aromatic heterocycles. The first-order valence-electron chi connectivity index (χ1n) is 2.27. The van der Waals surface area contributed by atoms with Crippen molar-refractivity contribution in [2.75, 3.05) is 0 Å². The molecule has 1 heteroatoms. The molecule has 0 bridgehead atoms. The minimum atomic E-state index is 0.695. The van der Waals surface area contributed by atoms with Gasteiger partial charge < -0.3 is 0 Å². The van der Waals surface area contributed by atoms with E-state index in [4.69, 9.17) is 0 Å². The SMILES string of the molecule is CC1(C)CC1I. The lowest BCUT2D eigenvalue weighted by Gasteiger charge is -1.90. The van der Waals surface area contributed by atoms with Crippen LogP contribution < -0.4 is 0 Å². The molecule has 1 fully saturated rings. The van der Waals surface area contributed by atoms with Crippen molar-refractivity contribution in [1.29, 1.82) is 0 Å². The van der Waals surface area contributed by atoms with Gasteiger partial charge in [-0.25, -0.2) is 0 Å². The molecule has 0 aliphatic heterocycles. The molecule has 0 N–H and O–H groups in total. The third-order valence-electron chi connectivity index (χ3n) is 1.39. The Morgan fingerprint density at radius 2 is 1.83 bits per heavy atom. The lowest BCUT2D eigenvalue weighted by atomic mass is 10.2. The van der Waals surface area contributed by atoms with E-state index in [9.17, 15) is 0 Å². The van der Waals surface area contributed by atoms with Gasteiger partial charge in [-0.3, -0.25) is 0 Å². The Hall–Kier alpha value is 0.730. The Balaban J connectivity index is 2.41. The van der Waals surface area contributed by atoms with Crippen LogP contribution in [0.5, 0.6) is 0 Å². The van der Waals surface area contributed by atoms with E-state index in [-0.39, 0.29) is 0 Å². The van der Waals surface area contributed by atoms with Crippen LogP contribution in [0.2, 0.25) is 0 Å². The highest BCUT2D eigenvalue weighted by Crippen LogP contribution is 2.50. The number of alkyl halides is 1. The summed E-state index contributed by atoms with van der Waals surface area (Å²) in [6.45, 7) is 4.62. The van der Waals surface area contributed by atoms with Crippen molar-refractivity contribution in [3.63, 3.8) is 0 Å². The van der Waals surface area contributed by atoms with E-state index in [2.05, 4.69) is 36.4 Å². The molecule has 0 aromatic carbocycles. The van der Waals surface area contributed by atoms with Crippen molar-refractivity contribution in [2.24, 2.45) is 5.41 Å². The smallest absolute Gasteiger partial charge is 0.0167 e. The summed E-state index contributed by atoms with van der Waals surface area (Å²) in [7, 11) is 0. The van der Waals surface area contributed by atoms with E-state index in [0.29, 0.717) is 5.41 Å². The van der Waals surface area contributed by atoms with Gasteiger partial charge in [0.15, 0.2) is 0 Å². The minimum Gasteiger partial charge on any atom is -0.0820 e. The summed E-state index contributed by atoms with van der Waals surface area (Å²) in [5.41, 5.74) is 0.695. The third-order valence-corrected chi connectivity index (χ3v) is 3.52. The summed E-state index contributed by atoms with van der Waals surface area (Å²) in [6.07, 6.45) is 1.42. The summed E-state index contributed by atoms with van der Waals surface area (Å²) in [5.74, 6) is 0. The van der Waals surface area contributed by atoms with Crippen LogP contribution in [0.1, 0.15) is 20.3 Å². The van der Waals surface area contributed by atoms with Crippen LogP contribution in [0.15, 0.2) is 0 Å². The summed E-state index contributed by atoms with van der Waals surface area (Å²) in [6, 6.07) is 0. The molecule has 1 aliphatic rings. The molecule has 0 radical (unpaired) electrons. The highest BCUT2D eigenvalue weighted by Gasteiger charge is 2.43. The standard InChI is InChI=1S/C5H9I/c1-5(2)3-4(5)6/h4H,3H2,1-2H3. The van der Waals surface area contributed by atoms with Crippen molar-refractivity contribution in [2.45, 2.75) is 24.2 Å². The number of halogens is 1. The van der Waals surface area contributed by atoms with Crippen LogP contribution in [-0.2, 0) is 0 Å².